The standard InChI is InChI=1S/C17H22N2O3/c20-13-9-14(16(21)18-11-5-1-2-6-11)15(10-13)17(22)19-12-7-3-4-8-12/h1-4,11-12,14-15H,5-10H2,(H,18,21)(H,19,22)/t14-,15+. The molecule has 2 atom stereocenters. The highest BCUT2D eigenvalue weighted by Crippen LogP contribution is 2.30. The summed E-state index contributed by atoms with van der Waals surface area (Å²) in [5.74, 6) is -1.31. The Hall–Kier alpha value is -1.91. The van der Waals surface area contributed by atoms with Crippen LogP contribution >= 0.6 is 0 Å². The van der Waals surface area contributed by atoms with E-state index in [9.17, 15) is 14.4 Å². The summed E-state index contributed by atoms with van der Waals surface area (Å²) in [7, 11) is 0. The van der Waals surface area contributed by atoms with Crippen LogP contribution in [0.3, 0.4) is 0 Å². The molecule has 0 heterocycles. The number of hydrogen-bond donors (Lipinski definition) is 2. The summed E-state index contributed by atoms with van der Waals surface area (Å²) in [6, 6.07) is 0.233. The number of amides is 2. The van der Waals surface area contributed by atoms with Crippen molar-refractivity contribution in [2.75, 3.05) is 0 Å². The van der Waals surface area contributed by atoms with Gasteiger partial charge in [-0.3, -0.25) is 14.4 Å². The Morgan fingerprint density at radius 1 is 0.773 bits per heavy atom. The van der Waals surface area contributed by atoms with Gasteiger partial charge in [-0.25, -0.2) is 0 Å². The molecule has 1 fully saturated rings. The maximum Gasteiger partial charge on any atom is 0.224 e. The van der Waals surface area contributed by atoms with Crippen LogP contribution in [0.5, 0.6) is 0 Å². The molecule has 118 valence electrons. The van der Waals surface area contributed by atoms with E-state index < -0.39 is 11.8 Å². The number of carbonyl (C=O) groups is 3. The molecule has 3 rings (SSSR count). The SMILES string of the molecule is O=C1C[C@H](C(=O)NC2CC=CC2)[C@H](C(=O)NC2CC=CC2)C1. The van der Waals surface area contributed by atoms with Crippen molar-refractivity contribution in [1.82, 2.24) is 10.6 Å². The van der Waals surface area contributed by atoms with Crippen molar-refractivity contribution in [3.05, 3.63) is 24.3 Å². The van der Waals surface area contributed by atoms with Crippen LogP contribution < -0.4 is 10.6 Å². The molecule has 0 unspecified atom stereocenters. The quantitative estimate of drug-likeness (QED) is 0.768. The molecule has 0 bridgehead atoms. The van der Waals surface area contributed by atoms with E-state index in [1.54, 1.807) is 0 Å². The van der Waals surface area contributed by atoms with Gasteiger partial charge in [-0.15, -0.1) is 0 Å². The second-order valence-electron chi connectivity index (χ2n) is 6.46. The molecule has 0 aromatic carbocycles. The Balaban J connectivity index is 1.59. The van der Waals surface area contributed by atoms with E-state index in [2.05, 4.69) is 10.6 Å². The lowest BCUT2D eigenvalue weighted by Gasteiger charge is -2.22. The minimum atomic E-state index is -0.512. The molecule has 2 N–H and O–H groups in total. The fourth-order valence-electron chi connectivity index (χ4n) is 3.50. The summed E-state index contributed by atoms with van der Waals surface area (Å²) in [5, 5.41) is 5.95. The molecule has 0 aromatic rings. The van der Waals surface area contributed by atoms with Crippen molar-refractivity contribution in [3.8, 4) is 0 Å². The lowest BCUT2D eigenvalue weighted by Crippen LogP contribution is -2.44. The number of nitrogens with one attached hydrogen (secondary N) is 2. The minimum absolute atomic E-state index is 0.00870. The fraction of sp³-hybridized carbons (Fsp3) is 0.588. The lowest BCUT2D eigenvalue weighted by atomic mass is 9.93. The van der Waals surface area contributed by atoms with Gasteiger partial charge in [-0.1, -0.05) is 24.3 Å². The zero-order chi connectivity index (χ0) is 15.5. The molecule has 3 aliphatic carbocycles. The van der Waals surface area contributed by atoms with Crippen LogP contribution in [0.25, 0.3) is 0 Å². The Bertz CT molecular complexity index is 476. The zero-order valence-electron chi connectivity index (χ0n) is 12.6. The van der Waals surface area contributed by atoms with Gasteiger partial charge in [0.25, 0.3) is 0 Å². The van der Waals surface area contributed by atoms with Crippen molar-refractivity contribution in [3.63, 3.8) is 0 Å². The molecular weight excluding hydrogens is 280 g/mol. The molecule has 5 heteroatoms. The monoisotopic (exact) mass is 302 g/mol. The minimum Gasteiger partial charge on any atom is -0.352 e. The summed E-state index contributed by atoms with van der Waals surface area (Å²) in [6.07, 6.45) is 11.9. The van der Waals surface area contributed by atoms with Gasteiger partial charge in [-0.05, 0) is 25.7 Å². The first-order chi connectivity index (χ1) is 10.6. The average molecular weight is 302 g/mol. The third-order valence-corrected chi connectivity index (χ3v) is 4.76. The highest BCUT2D eigenvalue weighted by Gasteiger charge is 2.42. The fourth-order valence-corrected chi connectivity index (χ4v) is 3.50. The highest BCUT2D eigenvalue weighted by atomic mass is 16.2. The van der Waals surface area contributed by atoms with E-state index in [0.717, 1.165) is 25.7 Å². The van der Waals surface area contributed by atoms with Crippen LogP contribution in [-0.4, -0.2) is 29.7 Å². The van der Waals surface area contributed by atoms with Crippen molar-refractivity contribution in [2.24, 2.45) is 11.8 Å². The largest absolute Gasteiger partial charge is 0.352 e. The van der Waals surface area contributed by atoms with Gasteiger partial charge in [0.1, 0.15) is 5.78 Å². The molecule has 0 spiro atoms. The maximum atomic E-state index is 12.4. The van der Waals surface area contributed by atoms with Crippen molar-refractivity contribution < 1.29 is 14.4 Å². The van der Waals surface area contributed by atoms with Gasteiger partial charge in [0.05, 0.1) is 11.8 Å². The first-order valence-corrected chi connectivity index (χ1v) is 8.06. The van der Waals surface area contributed by atoms with Crippen molar-refractivity contribution in [1.29, 1.82) is 0 Å². The van der Waals surface area contributed by atoms with Gasteiger partial charge in [0, 0.05) is 24.9 Å². The van der Waals surface area contributed by atoms with Crippen LogP contribution in [0, 0.1) is 11.8 Å². The summed E-state index contributed by atoms with van der Waals surface area (Å²) in [5.41, 5.74) is 0. The molecule has 0 aromatic heterocycles. The third kappa shape index (κ3) is 3.29. The van der Waals surface area contributed by atoms with Gasteiger partial charge in [-0.2, -0.15) is 0 Å². The zero-order valence-corrected chi connectivity index (χ0v) is 12.6. The van der Waals surface area contributed by atoms with E-state index in [1.807, 2.05) is 24.3 Å². The molecule has 0 aliphatic heterocycles. The van der Waals surface area contributed by atoms with E-state index in [-0.39, 0.29) is 42.5 Å². The van der Waals surface area contributed by atoms with Gasteiger partial charge in [0.15, 0.2) is 0 Å². The topological polar surface area (TPSA) is 75.3 Å². The Kier molecular flexibility index (Phi) is 4.41. The number of Topliss-reactive ketones (excluding diaryl/α,β-unsaturated/α-hetero) is 1. The summed E-state index contributed by atoms with van der Waals surface area (Å²) in [6.45, 7) is 0. The molecule has 1 saturated carbocycles. The third-order valence-electron chi connectivity index (χ3n) is 4.76. The molecule has 2 amide bonds. The Morgan fingerprint density at radius 2 is 1.14 bits per heavy atom. The van der Waals surface area contributed by atoms with Crippen LogP contribution in [0.1, 0.15) is 38.5 Å². The van der Waals surface area contributed by atoms with Crippen molar-refractivity contribution in [2.45, 2.75) is 50.6 Å². The summed E-state index contributed by atoms with van der Waals surface area (Å²) < 4.78 is 0. The smallest absolute Gasteiger partial charge is 0.224 e. The average Bonchev–Trinajstić information content (AvgIpc) is 3.19. The van der Waals surface area contributed by atoms with Gasteiger partial charge >= 0.3 is 0 Å². The lowest BCUT2D eigenvalue weighted by molar-refractivity contribution is -0.134. The van der Waals surface area contributed by atoms with E-state index in [0.29, 0.717) is 0 Å². The van der Waals surface area contributed by atoms with Crippen LogP contribution in [-0.2, 0) is 14.4 Å². The predicted molar refractivity (Wildman–Crippen MR) is 81.8 cm³/mol. The molecule has 22 heavy (non-hydrogen) atoms. The predicted octanol–water partition coefficient (Wildman–Crippen LogP) is 1.25. The Morgan fingerprint density at radius 3 is 1.50 bits per heavy atom. The number of ketones is 1. The van der Waals surface area contributed by atoms with Gasteiger partial charge in [0.2, 0.25) is 11.8 Å². The van der Waals surface area contributed by atoms with Gasteiger partial charge < -0.3 is 10.6 Å². The normalized spacial score (nSPS) is 28.5. The van der Waals surface area contributed by atoms with E-state index in [1.165, 1.54) is 0 Å². The number of rotatable bonds is 4. The van der Waals surface area contributed by atoms with Crippen LogP contribution in [0.2, 0.25) is 0 Å². The summed E-state index contributed by atoms with van der Waals surface area (Å²) >= 11 is 0. The van der Waals surface area contributed by atoms with Crippen LogP contribution in [0.15, 0.2) is 24.3 Å². The molecular formula is C17H22N2O3. The highest BCUT2D eigenvalue weighted by molar-refractivity contribution is 5.98. The first kappa shape index (κ1) is 15.0. The van der Waals surface area contributed by atoms with Crippen molar-refractivity contribution >= 4 is 17.6 Å². The second kappa shape index (κ2) is 6.46. The van der Waals surface area contributed by atoms with Crippen LogP contribution in [0.4, 0.5) is 0 Å². The van der Waals surface area contributed by atoms with E-state index in [4.69, 9.17) is 0 Å². The molecule has 3 aliphatic rings. The first-order valence-electron chi connectivity index (χ1n) is 8.06. The maximum absolute atomic E-state index is 12.4. The van der Waals surface area contributed by atoms with E-state index >= 15 is 0 Å². The molecule has 0 radical (unpaired) electrons. The number of carbonyl (C=O) groups excluding carboxylic acids is 3. The molecule has 5 nitrogen and oxygen atoms in total. The summed E-state index contributed by atoms with van der Waals surface area (Å²) in [4.78, 5) is 36.6. The Labute approximate surface area is 130 Å². The second-order valence-corrected chi connectivity index (χ2v) is 6.46. The number of hydrogen-bond acceptors (Lipinski definition) is 3. The molecule has 0 saturated heterocycles.